The second-order valence-corrected chi connectivity index (χ2v) is 3.49. The van der Waals surface area contributed by atoms with Crippen molar-refractivity contribution in [1.82, 2.24) is 5.32 Å². The molecule has 0 spiro atoms. The summed E-state index contributed by atoms with van der Waals surface area (Å²) in [5.74, 6) is -1.29. The highest BCUT2D eigenvalue weighted by atomic mass is 16.5. The average molecular weight is 241 g/mol. The number of amides is 1. The van der Waals surface area contributed by atoms with Gasteiger partial charge in [-0.25, -0.2) is 0 Å². The lowest BCUT2D eigenvalue weighted by molar-refractivity contribution is 0.0608. The number of methoxy groups -OCH3 is 1. The van der Waals surface area contributed by atoms with Crippen LogP contribution in [0.5, 0.6) is 11.5 Å². The van der Waals surface area contributed by atoms with Crippen LogP contribution in [0.1, 0.15) is 10.4 Å². The largest absolute Gasteiger partial charge is 0.507 e. The van der Waals surface area contributed by atoms with Crippen LogP contribution in [0.4, 0.5) is 0 Å². The number of aliphatic hydroxyl groups excluding tert-OH is 1. The Kier molecular flexibility index (Phi) is 4.74. The quantitative estimate of drug-likeness (QED) is 0.574. The third-order valence-corrected chi connectivity index (χ3v) is 2.10. The van der Waals surface area contributed by atoms with Crippen LogP contribution in [-0.2, 0) is 4.74 Å². The number of phenolic OH excluding ortho intramolecular Hbond substituents is 2. The second kappa shape index (κ2) is 6.07. The molecule has 0 saturated carbocycles. The maximum absolute atomic E-state index is 11.6. The van der Waals surface area contributed by atoms with Crippen molar-refractivity contribution in [3.63, 3.8) is 0 Å². The predicted octanol–water partition coefficient (Wildman–Crippen LogP) is -0.165. The van der Waals surface area contributed by atoms with Gasteiger partial charge in [0.1, 0.15) is 17.1 Å². The first kappa shape index (κ1) is 13.3. The van der Waals surface area contributed by atoms with Crippen molar-refractivity contribution in [3.05, 3.63) is 23.8 Å². The minimum atomic E-state index is -0.836. The molecule has 1 aromatic carbocycles. The van der Waals surface area contributed by atoms with E-state index in [1.807, 2.05) is 0 Å². The lowest BCUT2D eigenvalue weighted by Gasteiger charge is -2.12. The zero-order chi connectivity index (χ0) is 12.8. The fourth-order valence-corrected chi connectivity index (χ4v) is 1.31. The zero-order valence-corrected chi connectivity index (χ0v) is 9.38. The summed E-state index contributed by atoms with van der Waals surface area (Å²) in [6.45, 7) is 0.0630. The number of aromatic hydroxyl groups is 2. The van der Waals surface area contributed by atoms with Crippen molar-refractivity contribution in [3.8, 4) is 11.5 Å². The highest BCUT2D eigenvalue weighted by Gasteiger charge is 2.16. The molecule has 0 aliphatic carbocycles. The molecule has 0 heterocycles. The van der Waals surface area contributed by atoms with E-state index in [9.17, 15) is 20.1 Å². The minimum absolute atomic E-state index is 0.0273. The molecule has 0 saturated heterocycles. The summed E-state index contributed by atoms with van der Waals surface area (Å²) in [6, 6.07) is 4.00. The molecule has 1 rings (SSSR count). The van der Waals surface area contributed by atoms with E-state index in [4.69, 9.17) is 0 Å². The highest BCUT2D eigenvalue weighted by molar-refractivity contribution is 5.99. The number of rotatable bonds is 5. The summed E-state index contributed by atoms with van der Waals surface area (Å²) in [6.07, 6.45) is -0.836. The van der Waals surface area contributed by atoms with Gasteiger partial charge in [-0.05, 0) is 12.1 Å². The van der Waals surface area contributed by atoms with Crippen molar-refractivity contribution in [2.24, 2.45) is 0 Å². The molecular formula is C11H15NO5. The molecule has 4 N–H and O–H groups in total. The number of ether oxygens (including phenoxy) is 1. The first-order valence-electron chi connectivity index (χ1n) is 5.02. The van der Waals surface area contributed by atoms with Crippen LogP contribution < -0.4 is 5.32 Å². The number of benzene rings is 1. The zero-order valence-electron chi connectivity index (χ0n) is 9.38. The molecule has 1 atom stereocenters. The van der Waals surface area contributed by atoms with Crippen molar-refractivity contribution < 1.29 is 24.9 Å². The fourth-order valence-electron chi connectivity index (χ4n) is 1.31. The van der Waals surface area contributed by atoms with Crippen molar-refractivity contribution in [1.29, 1.82) is 0 Å². The Morgan fingerprint density at radius 2 is 2.00 bits per heavy atom. The Morgan fingerprint density at radius 1 is 1.41 bits per heavy atom. The molecule has 0 radical (unpaired) electrons. The van der Waals surface area contributed by atoms with Crippen molar-refractivity contribution >= 4 is 5.91 Å². The van der Waals surface area contributed by atoms with Crippen LogP contribution in [0.25, 0.3) is 0 Å². The lowest BCUT2D eigenvalue weighted by Crippen LogP contribution is -2.34. The summed E-state index contributed by atoms with van der Waals surface area (Å²) in [5.41, 5.74) is -0.211. The Bertz CT molecular complexity index is 373. The van der Waals surface area contributed by atoms with Gasteiger partial charge in [0.05, 0.1) is 12.7 Å². The van der Waals surface area contributed by atoms with Gasteiger partial charge in [-0.3, -0.25) is 4.79 Å². The molecule has 1 unspecified atom stereocenters. The first-order chi connectivity index (χ1) is 8.06. The van der Waals surface area contributed by atoms with Crippen molar-refractivity contribution in [2.45, 2.75) is 6.10 Å². The second-order valence-electron chi connectivity index (χ2n) is 3.49. The third-order valence-electron chi connectivity index (χ3n) is 2.10. The Hall–Kier alpha value is -1.79. The van der Waals surface area contributed by atoms with Crippen LogP contribution in [0.3, 0.4) is 0 Å². The van der Waals surface area contributed by atoms with Crippen molar-refractivity contribution in [2.75, 3.05) is 20.3 Å². The smallest absolute Gasteiger partial charge is 0.258 e. The molecule has 0 aromatic heterocycles. The number of carbonyl (C=O) groups is 1. The minimum Gasteiger partial charge on any atom is -0.507 e. The number of nitrogens with one attached hydrogen (secondary N) is 1. The molecule has 1 amide bonds. The lowest BCUT2D eigenvalue weighted by atomic mass is 10.1. The van der Waals surface area contributed by atoms with E-state index < -0.39 is 12.0 Å². The van der Waals surface area contributed by atoms with Gasteiger partial charge in [0.25, 0.3) is 5.91 Å². The molecule has 0 fully saturated rings. The molecule has 0 bridgehead atoms. The molecule has 0 aliphatic rings. The number of aliphatic hydroxyl groups is 1. The molecule has 94 valence electrons. The average Bonchev–Trinajstić information content (AvgIpc) is 2.26. The Balaban J connectivity index is 2.64. The molecule has 1 aromatic rings. The van der Waals surface area contributed by atoms with E-state index in [-0.39, 0.29) is 30.2 Å². The molecule has 6 nitrogen and oxygen atoms in total. The van der Waals surface area contributed by atoms with Gasteiger partial charge in [-0.2, -0.15) is 0 Å². The number of phenols is 2. The van der Waals surface area contributed by atoms with Gasteiger partial charge in [0.2, 0.25) is 0 Å². The van der Waals surface area contributed by atoms with E-state index in [1.165, 1.54) is 25.3 Å². The number of carbonyl (C=O) groups excluding carboxylic acids is 1. The fraction of sp³-hybridized carbons (Fsp3) is 0.364. The van der Waals surface area contributed by atoms with Gasteiger partial charge >= 0.3 is 0 Å². The van der Waals surface area contributed by atoms with Crippen LogP contribution >= 0.6 is 0 Å². The van der Waals surface area contributed by atoms with Gasteiger partial charge in [0, 0.05) is 13.7 Å². The Labute approximate surface area is 98.5 Å². The van der Waals surface area contributed by atoms with E-state index in [2.05, 4.69) is 10.1 Å². The Morgan fingerprint density at radius 3 is 2.53 bits per heavy atom. The summed E-state index contributed by atoms with van der Waals surface area (Å²) >= 11 is 0. The van der Waals surface area contributed by atoms with E-state index in [1.54, 1.807) is 0 Å². The maximum atomic E-state index is 11.6. The number of hydrogen-bond acceptors (Lipinski definition) is 5. The maximum Gasteiger partial charge on any atom is 0.258 e. The van der Waals surface area contributed by atoms with Crippen LogP contribution in [-0.4, -0.2) is 47.6 Å². The number of hydrogen-bond donors (Lipinski definition) is 4. The molecular weight excluding hydrogens is 226 g/mol. The van der Waals surface area contributed by atoms with Gasteiger partial charge in [0.15, 0.2) is 0 Å². The van der Waals surface area contributed by atoms with Crippen LogP contribution in [0.2, 0.25) is 0 Å². The van der Waals surface area contributed by atoms with E-state index >= 15 is 0 Å². The van der Waals surface area contributed by atoms with Crippen LogP contribution in [0, 0.1) is 0 Å². The summed E-state index contributed by atoms with van der Waals surface area (Å²) in [4.78, 5) is 11.6. The summed E-state index contributed by atoms with van der Waals surface area (Å²) in [7, 11) is 1.43. The molecule has 17 heavy (non-hydrogen) atoms. The topological polar surface area (TPSA) is 99.0 Å². The monoisotopic (exact) mass is 241 g/mol. The first-order valence-corrected chi connectivity index (χ1v) is 5.02. The summed E-state index contributed by atoms with van der Waals surface area (Å²) < 4.78 is 4.69. The SMILES string of the molecule is COCC(O)CNC(=O)c1c(O)cccc1O. The van der Waals surface area contributed by atoms with E-state index in [0.717, 1.165) is 0 Å². The molecule has 0 aliphatic heterocycles. The van der Waals surface area contributed by atoms with E-state index in [0.29, 0.717) is 0 Å². The third kappa shape index (κ3) is 3.61. The standard InChI is InChI=1S/C11H15NO5/c1-17-6-7(13)5-12-11(16)10-8(14)3-2-4-9(10)15/h2-4,7,13-15H,5-6H2,1H3,(H,12,16). The van der Waals surface area contributed by atoms with Gasteiger partial charge in [-0.1, -0.05) is 6.07 Å². The normalized spacial score (nSPS) is 12.1. The predicted molar refractivity (Wildman–Crippen MR) is 60.0 cm³/mol. The van der Waals surface area contributed by atoms with Crippen LogP contribution in [0.15, 0.2) is 18.2 Å². The highest BCUT2D eigenvalue weighted by Crippen LogP contribution is 2.25. The molecule has 6 heteroatoms. The summed E-state index contributed by atoms with van der Waals surface area (Å²) in [5, 5.41) is 30.5. The van der Waals surface area contributed by atoms with Gasteiger partial charge in [-0.15, -0.1) is 0 Å². The van der Waals surface area contributed by atoms with Gasteiger partial charge < -0.3 is 25.4 Å².